The average Bonchev–Trinajstić information content (AvgIpc) is 0.786. The van der Waals surface area contributed by atoms with E-state index in [2.05, 4.69) is 433 Å². The fraction of sp³-hybridized carbons (Fsp3) is 0.219. The van der Waals surface area contributed by atoms with E-state index in [0.29, 0.717) is 34.9 Å². The predicted octanol–water partition coefficient (Wildman–Crippen LogP) is 33.0. The Morgan fingerprint density at radius 3 is 0.764 bits per heavy atom. The van der Waals surface area contributed by atoms with Crippen molar-refractivity contribution in [1.29, 1.82) is 0 Å². The van der Waals surface area contributed by atoms with E-state index < -0.39 is 0 Å². The summed E-state index contributed by atoms with van der Waals surface area (Å²) in [5.41, 5.74) is 30.1. The van der Waals surface area contributed by atoms with Crippen molar-refractivity contribution >= 4 is 21.5 Å². The van der Waals surface area contributed by atoms with E-state index in [4.69, 9.17) is 34.9 Å². The molecule has 0 amide bonds. The Hall–Kier alpha value is -13.7. The molecular weight excluding hydrogens is 2060 g/mol. The number of nitrogens with zero attached hydrogens (tertiary/aromatic N) is 10. The van der Waals surface area contributed by atoms with Crippen LogP contribution in [0, 0.1) is 24.3 Å². The van der Waals surface area contributed by atoms with Crippen molar-refractivity contribution in [3.8, 4) is 147 Å². The molecule has 10 nitrogen and oxygen atoms in total. The first-order chi connectivity index (χ1) is 65.8. The minimum atomic E-state index is 0. The molecule has 2 radical (unpaired) electrons. The van der Waals surface area contributed by atoms with Crippen molar-refractivity contribution in [2.24, 2.45) is 0 Å². The molecule has 6 aromatic heterocycles. The Morgan fingerprint density at radius 2 is 0.471 bits per heavy atom. The van der Waals surface area contributed by atoms with Crippen molar-refractivity contribution in [2.75, 3.05) is 0 Å². The van der Waals surface area contributed by atoms with Gasteiger partial charge in [-0.1, -0.05) is 364 Å². The third kappa shape index (κ3) is 25.1. The van der Waals surface area contributed by atoms with Crippen LogP contribution >= 0.6 is 0 Å². The van der Waals surface area contributed by atoms with Crippen LogP contribution in [0.1, 0.15) is 184 Å². The van der Waals surface area contributed by atoms with Gasteiger partial charge in [0, 0.05) is 98.4 Å². The van der Waals surface area contributed by atoms with Crippen molar-refractivity contribution in [3.63, 3.8) is 0 Å². The Balaban J connectivity index is 0.000000152. The molecule has 0 aliphatic rings. The number of aromatic nitrogens is 10. The molecule has 0 saturated heterocycles. The molecule has 13 aromatic carbocycles. The van der Waals surface area contributed by atoms with E-state index in [0.717, 1.165) is 89.4 Å². The maximum atomic E-state index is 4.90. The second kappa shape index (κ2) is 43.0. The molecule has 6 heterocycles. The smallest absolute Gasteiger partial charge is 0.165 e. The molecule has 19 rings (SSSR count). The second-order valence-electron chi connectivity index (χ2n) is 42.8. The zero-order chi connectivity index (χ0) is 97.5. The van der Waals surface area contributed by atoms with Gasteiger partial charge < -0.3 is 19.9 Å². The van der Waals surface area contributed by atoms with E-state index >= 15 is 0 Å². The molecule has 0 aliphatic heterocycles. The van der Waals surface area contributed by atoms with Gasteiger partial charge in [-0.15, -0.1) is 143 Å². The van der Waals surface area contributed by atoms with Crippen LogP contribution in [0.25, 0.3) is 168 Å². The van der Waals surface area contributed by atoms with Gasteiger partial charge in [0.1, 0.15) is 0 Å². The number of rotatable bonds is 13. The summed E-state index contributed by atoms with van der Waals surface area (Å²) in [5, 5.41) is 4.71. The fourth-order valence-electron chi connectivity index (χ4n) is 16.4. The van der Waals surface area contributed by atoms with Crippen LogP contribution in [0.4, 0.5) is 0 Å². The van der Waals surface area contributed by atoms with Gasteiger partial charge in [0.2, 0.25) is 0 Å². The van der Waals surface area contributed by atoms with Gasteiger partial charge >= 0.3 is 0 Å². The topological polar surface area (TPSA) is 129 Å². The van der Waals surface area contributed by atoms with Crippen molar-refractivity contribution in [2.45, 2.75) is 183 Å². The SMILES string of the molecule is CC(C)(C)c1c[c-]c(-c2nccc3ccccc23)cc1.CC(C)(C)c1ccc(-c2cc(-c3ccc(C(C)(C)C)cc3)cc(-c3cc[c-]c(-c4nccc5ccccc45)c3)c2)cc1.CC(C)(C)c1ccc(-c2nc(-c3ccc(C(C)(C)C)cc3)nc(-c3ccc(-c4[c-]cccc4)nc3)n2)cc1.CC(C)(C)c1ccc(-c2nc(-c3ccc(C(C)(C)C)cc3)nc(-c3ccc(-c4[c-]cccc4)nc3)n2)cc1.[Ir].[Ir]. The Bertz CT molecular complexity index is 6930. The van der Waals surface area contributed by atoms with Gasteiger partial charge in [-0.2, -0.15) is 0 Å². The molecule has 0 unspecified atom stereocenters. The number of pyridine rings is 4. The molecule has 0 aliphatic carbocycles. The number of hydrogen-bond donors (Lipinski definition) is 0. The maximum Gasteiger partial charge on any atom is 0.165 e. The fourth-order valence-corrected chi connectivity index (χ4v) is 16.4. The zero-order valence-electron chi connectivity index (χ0n) is 84.2. The first-order valence-electron chi connectivity index (χ1n) is 47.7. The van der Waals surface area contributed by atoms with Crippen LogP contribution in [0.5, 0.6) is 0 Å². The first-order valence-corrected chi connectivity index (χ1v) is 47.7. The number of fused-ring (bicyclic) bond motifs is 2. The molecule has 19 aromatic rings. The zero-order valence-corrected chi connectivity index (χ0v) is 89.0. The summed E-state index contributed by atoms with van der Waals surface area (Å²) in [4.78, 5) is 48.0. The van der Waals surface area contributed by atoms with E-state index in [-0.39, 0.29) is 78.1 Å². The summed E-state index contributed by atoms with van der Waals surface area (Å²) in [6.07, 6.45) is 7.40. The molecule has 0 spiro atoms. The number of benzene rings is 13. The van der Waals surface area contributed by atoms with Crippen LogP contribution < -0.4 is 0 Å². The quantitative estimate of drug-likeness (QED) is 0.103. The van der Waals surface area contributed by atoms with Gasteiger partial charge in [-0.3, -0.25) is 0 Å². The standard InChI is InChI=1S/C41H38N.2C34H33N4.C19H18N.2Ir/c1-40(2,3)36-18-14-28(15-19-36)33-25-34(29-16-20-37(21-17-29)41(4,5)6)27-35(26-33)31-11-9-12-32(24-31)39-38-13-8-7-10-30(38)22-23-42-39;2*1-33(2,3)27-17-12-24(13-18-27)30-36-31(25-14-19-28(20-15-25)34(4,5)6)38-32(37-30)26-16-21-29(35-22-26)23-10-8-7-9-11-23;1-19(2,3)16-10-8-15(9-11-16)18-17-7-5-4-6-14(17)12-13-20-18;;/h7-11,13-27H,1-6H3;2*7-10,12-22H,1-6H3;4-8,10-13H,1-3H3;;/q4*-1;;. The van der Waals surface area contributed by atoms with E-state index in [1.54, 1.807) is 0 Å². The summed E-state index contributed by atoms with van der Waals surface area (Å²) in [6.45, 7) is 46.8. The molecule has 0 N–H and O–H groups in total. The second-order valence-corrected chi connectivity index (χ2v) is 42.8. The third-order valence-electron chi connectivity index (χ3n) is 25.1. The van der Waals surface area contributed by atoms with E-state index in [1.165, 1.54) is 82.9 Å². The van der Waals surface area contributed by atoms with Crippen LogP contribution in [0.2, 0.25) is 0 Å². The van der Waals surface area contributed by atoms with Crippen LogP contribution in [-0.4, -0.2) is 49.8 Å². The van der Waals surface area contributed by atoms with Gasteiger partial charge in [0.05, 0.1) is 0 Å². The molecule has 0 saturated carbocycles. The summed E-state index contributed by atoms with van der Waals surface area (Å²) < 4.78 is 0. The van der Waals surface area contributed by atoms with Crippen LogP contribution in [-0.2, 0) is 78.1 Å². The third-order valence-corrected chi connectivity index (χ3v) is 25.1. The van der Waals surface area contributed by atoms with E-state index in [9.17, 15) is 0 Å². The molecular formula is C128H122Ir2N10-4. The maximum absolute atomic E-state index is 4.90. The van der Waals surface area contributed by atoms with Crippen LogP contribution in [0.15, 0.2) is 358 Å². The first kappa shape index (κ1) is 102. The van der Waals surface area contributed by atoms with Gasteiger partial charge in [-0.05, 0) is 174 Å². The molecule has 706 valence electrons. The minimum absolute atomic E-state index is 0. The molecule has 12 heteroatoms. The largest absolute Gasteiger partial charge is 0.304 e. The summed E-state index contributed by atoms with van der Waals surface area (Å²) in [7, 11) is 0. The van der Waals surface area contributed by atoms with Crippen molar-refractivity contribution < 1.29 is 40.2 Å². The van der Waals surface area contributed by atoms with Crippen LogP contribution in [0.3, 0.4) is 0 Å². The molecule has 0 bridgehead atoms. The van der Waals surface area contributed by atoms with Crippen molar-refractivity contribution in [1.82, 2.24) is 49.8 Å². The van der Waals surface area contributed by atoms with Gasteiger partial charge in [-0.25, -0.2) is 29.9 Å². The normalized spacial score (nSPS) is 11.8. The van der Waals surface area contributed by atoms with Crippen molar-refractivity contribution in [3.05, 3.63) is 422 Å². The summed E-state index contributed by atoms with van der Waals surface area (Å²) in [6, 6.07) is 130. The average molecular weight is 2180 g/mol. The van der Waals surface area contributed by atoms with Gasteiger partial charge in [0.25, 0.3) is 0 Å². The van der Waals surface area contributed by atoms with E-state index in [1.807, 2.05) is 110 Å². The molecule has 0 fully saturated rings. The molecule has 140 heavy (non-hydrogen) atoms. The number of hydrogen-bond acceptors (Lipinski definition) is 10. The Labute approximate surface area is 856 Å². The molecule has 0 atom stereocenters. The minimum Gasteiger partial charge on any atom is -0.304 e. The predicted molar refractivity (Wildman–Crippen MR) is 576 cm³/mol. The monoisotopic (exact) mass is 2180 g/mol. The summed E-state index contributed by atoms with van der Waals surface area (Å²) in [5.74, 6) is 3.77. The Kier molecular flexibility index (Phi) is 31.4. The summed E-state index contributed by atoms with van der Waals surface area (Å²) >= 11 is 0. The van der Waals surface area contributed by atoms with Gasteiger partial charge in [0.15, 0.2) is 34.9 Å². The Morgan fingerprint density at radius 1 is 0.193 bits per heavy atom.